The van der Waals surface area contributed by atoms with Gasteiger partial charge in [-0.05, 0) is 11.6 Å². The summed E-state index contributed by atoms with van der Waals surface area (Å²) in [5, 5.41) is 24.0. The van der Waals surface area contributed by atoms with E-state index < -0.39 is 18.0 Å². The minimum atomic E-state index is -1.15. The lowest BCUT2D eigenvalue weighted by Gasteiger charge is -2.11. The molecule has 1 aromatic rings. The van der Waals surface area contributed by atoms with Crippen molar-refractivity contribution in [2.75, 3.05) is 5.32 Å². The molecular formula is C8H12N6O3. The van der Waals surface area contributed by atoms with Crippen molar-refractivity contribution in [2.45, 2.75) is 12.5 Å². The Hall–Kier alpha value is -2.45. The van der Waals surface area contributed by atoms with Gasteiger partial charge in [-0.2, -0.15) is 4.80 Å². The molecule has 1 heterocycles. The second kappa shape index (κ2) is 5.58. The lowest BCUT2D eigenvalue weighted by Crippen LogP contribution is -2.42. The largest absolute Gasteiger partial charge is 0.480 e. The Morgan fingerprint density at radius 1 is 1.65 bits per heavy atom. The van der Waals surface area contributed by atoms with Gasteiger partial charge in [0.05, 0.1) is 7.05 Å². The molecule has 1 rings (SSSR count). The van der Waals surface area contributed by atoms with E-state index in [2.05, 4.69) is 32.6 Å². The quantitative estimate of drug-likeness (QED) is 0.588. The molecule has 0 aliphatic carbocycles. The van der Waals surface area contributed by atoms with Gasteiger partial charge in [0.25, 0.3) is 5.95 Å². The monoisotopic (exact) mass is 240 g/mol. The zero-order valence-electron chi connectivity index (χ0n) is 9.12. The number of tetrazole rings is 1. The van der Waals surface area contributed by atoms with Crippen LogP contribution in [0.2, 0.25) is 0 Å². The summed E-state index contributed by atoms with van der Waals surface area (Å²) < 4.78 is 0. The fourth-order valence-corrected chi connectivity index (χ4v) is 1.02. The van der Waals surface area contributed by atoms with Gasteiger partial charge in [-0.15, -0.1) is 11.7 Å². The van der Waals surface area contributed by atoms with Crippen LogP contribution in [0.4, 0.5) is 10.7 Å². The average Bonchev–Trinajstić information content (AvgIpc) is 2.63. The molecule has 9 heteroatoms. The van der Waals surface area contributed by atoms with E-state index in [9.17, 15) is 9.59 Å². The van der Waals surface area contributed by atoms with E-state index in [1.807, 2.05) is 0 Å². The van der Waals surface area contributed by atoms with E-state index in [1.165, 1.54) is 13.1 Å². The molecule has 0 aliphatic rings. The number of amides is 2. The van der Waals surface area contributed by atoms with E-state index in [1.54, 1.807) is 0 Å². The number of aliphatic carboxylic acids is 1. The van der Waals surface area contributed by atoms with Crippen molar-refractivity contribution in [2.24, 2.45) is 7.05 Å². The lowest BCUT2D eigenvalue weighted by atomic mass is 10.2. The first kappa shape index (κ1) is 12.6. The van der Waals surface area contributed by atoms with E-state index in [0.29, 0.717) is 0 Å². The van der Waals surface area contributed by atoms with Crippen LogP contribution < -0.4 is 10.6 Å². The molecular weight excluding hydrogens is 228 g/mol. The van der Waals surface area contributed by atoms with Gasteiger partial charge >= 0.3 is 12.0 Å². The van der Waals surface area contributed by atoms with E-state index in [0.717, 1.165) is 4.80 Å². The van der Waals surface area contributed by atoms with Crippen molar-refractivity contribution in [3.05, 3.63) is 12.7 Å². The zero-order chi connectivity index (χ0) is 12.8. The topological polar surface area (TPSA) is 122 Å². The number of carbonyl (C=O) groups excluding carboxylic acids is 1. The first-order chi connectivity index (χ1) is 8.02. The van der Waals surface area contributed by atoms with Crippen LogP contribution in [0.1, 0.15) is 6.42 Å². The van der Waals surface area contributed by atoms with Crippen molar-refractivity contribution in [1.82, 2.24) is 25.5 Å². The molecule has 3 N–H and O–H groups in total. The number of rotatable bonds is 5. The molecule has 1 aromatic heterocycles. The van der Waals surface area contributed by atoms with E-state index in [4.69, 9.17) is 5.11 Å². The van der Waals surface area contributed by atoms with Gasteiger partial charge < -0.3 is 10.4 Å². The summed E-state index contributed by atoms with van der Waals surface area (Å²) in [5.41, 5.74) is 0. The summed E-state index contributed by atoms with van der Waals surface area (Å²) >= 11 is 0. The van der Waals surface area contributed by atoms with E-state index in [-0.39, 0.29) is 12.4 Å². The van der Waals surface area contributed by atoms with Gasteiger partial charge in [0.15, 0.2) is 0 Å². The molecule has 0 fully saturated rings. The summed E-state index contributed by atoms with van der Waals surface area (Å²) in [6.07, 6.45) is 1.52. The number of carboxylic acids is 1. The summed E-state index contributed by atoms with van der Waals surface area (Å²) in [7, 11) is 1.54. The Morgan fingerprint density at radius 3 is 2.82 bits per heavy atom. The molecule has 0 bridgehead atoms. The minimum absolute atomic E-state index is 0.00672. The fourth-order valence-electron chi connectivity index (χ4n) is 1.02. The van der Waals surface area contributed by atoms with Gasteiger partial charge in [0.1, 0.15) is 6.04 Å². The highest BCUT2D eigenvalue weighted by Crippen LogP contribution is 1.96. The third kappa shape index (κ3) is 3.89. The molecule has 0 saturated carbocycles. The van der Waals surface area contributed by atoms with Crippen molar-refractivity contribution in [1.29, 1.82) is 0 Å². The molecule has 9 nitrogen and oxygen atoms in total. The molecule has 0 radical (unpaired) electrons. The van der Waals surface area contributed by atoms with Crippen LogP contribution in [-0.2, 0) is 11.8 Å². The minimum Gasteiger partial charge on any atom is -0.480 e. The van der Waals surface area contributed by atoms with Gasteiger partial charge in [-0.3, -0.25) is 5.32 Å². The highest BCUT2D eigenvalue weighted by molar-refractivity contribution is 5.90. The van der Waals surface area contributed by atoms with Crippen LogP contribution in [0.15, 0.2) is 12.7 Å². The van der Waals surface area contributed by atoms with Crippen LogP contribution >= 0.6 is 0 Å². The third-order valence-electron chi connectivity index (χ3n) is 1.74. The summed E-state index contributed by atoms with van der Waals surface area (Å²) in [4.78, 5) is 23.3. The third-order valence-corrected chi connectivity index (χ3v) is 1.74. The Balaban J connectivity index is 2.53. The number of nitrogens with one attached hydrogen (secondary N) is 2. The smallest absolute Gasteiger partial charge is 0.326 e. The molecule has 2 amide bonds. The van der Waals surface area contributed by atoms with Crippen molar-refractivity contribution in [3.63, 3.8) is 0 Å². The first-order valence-corrected chi connectivity index (χ1v) is 4.68. The van der Waals surface area contributed by atoms with Crippen LogP contribution in [0, 0.1) is 0 Å². The SMILES string of the molecule is C=CCC(NC(=O)Nc1nnn(C)n1)C(=O)O. The maximum atomic E-state index is 11.4. The van der Waals surface area contributed by atoms with Crippen LogP contribution in [0.3, 0.4) is 0 Å². The predicted molar refractivity (Wildman–Crippen MR) is 57.2 cm³/mol. The normalized spacial score (nSPS) is 11.6. The number of carboxylic acid groups (broad SMARTS) is 1. The van der Waals surface area contributed by atoms with Crippen LogP contribution in [-0.4, -0.2) is 43.4 Å². The van der Waals surface area contributed by atoms with Crippen molar-refractivity contribution >= 4 is 17.9 Å². The second-order valence-corrected chi connectivity index (χ2v) is 3.12. The number of nitrogens with zero attached hydrogens (tertiary/aromatic N) is 4. The number of hydrogen-bond acceptors (Lipinski definition) is 5. The van der Waals surface area contributed by atoms with E-state index >= 15 is 0 Å². The highest BCUT2D eigenvalue weighted by atomic mass is 16.4. The molecule has 0 saturated heterocycles. The maximum Gasteiger partial charge on any atom is 0.326 e. The molecule has 0 aromatic carbocycles. The van der Waals surface area contributed by atoms with Gasteiger partial charge in [0, 0.05) is 0 Å². The molecule has 92 valence electrons. The van der Waals surface area contributed by atoms with Gasteiger partial charge in [-0.1, -0.05) is 11.2 Å². The summed E-state index contributed by atoms with van der Waals surface area (Å²) in [5.74, 6) is -1.15. The molecule has 1 unspecified atom stereocenters. The predicted octanol–water partition coefficient (Wildman–Crippen LogP) is -0.639. The van der Waals surface area contributed by atoms with Gasteiger partial charge in [0.2, 0.25) is 0 Å². The lowest BCUT2D eigenvalue weighted by molar-refractivity contribution is -0.139. The summed E-state index contributed by atoms with van der Waals surface area (Å²) in [6, 6.07) is -1.75. The Labute approximate surface area is 96.5 Å². The van der Waals surface area contributed by atoms with Crippen LogP contribution in [0.5, 0.6) is 0 Å². The Morgan fingerprint density at radius 2 is 2.35 bits per heavy atom. The number of carbonyl (C=O) groups is 2. The first-order valence-electron chi connectivity index (χ1n) is 4.68. The Kier molecular flexibility index (Phi) is 4.14. The Bertz CT molecular complexity index is 429. The zero-order valence-corrected chi connectivity index (χ0v) is 9.12. The highest BCUT2D eigenvalue weighted by Gasteiger charge is 2.18. The maximum absolute atomic E-state index is 11.4. The molecule has 17 heavy (non-hydrogen) atoms. The standard InChI is InChI=1S/C8H12N6O3/c1-3-4-5(6(15)16)9-8(17)10-7-11-13-14(2)12-7/h3,5H,1,4H2,2H3,(H,15,16)(H2,9,10,12,17). The second-order valence-electron chi connectivity index (χ2n) is 3.12. The van der Waals surface area contributed by atoms with Crippen LogP contribution in [0.25, 0.3) is 0 Å². The van der Waals surface area contributed by atoms with Crippen molar-refractivity contribution < 1.29 is 14.7 Å². The average molecular weight is 240 g/mol. The molecule has 0 aliphatic heterocycles. The number of anilines is 1. The molecule has 1 atom stereocenters. The number of hydrogen-bond donors (Lipinski definition) is 3. The number of aromatic nitrogens is 4. The van der Waals surface area contributed by atoms with Gasteiger partial charge in [-0.25, -0.2) is 9.59 Å². The summed E-state index contributed by atoms with van der Waals surface area (Å²) in [6.45, 7) is 3.40. The fraction of sp³-hybridized carbons (Fsp3) is 0.375. The molecule has 0 spiro atoms. The van der Waals surface area contributed by atoms with Crippen molar-refractivity contribution in [3.8, 4) is 0 Å². The number of aryl methyl sites for hydroxylation is 1. The number of urea groups is 1.